The molecule has 118 valence electrons. The molecular formula is C16H18O5S. The van der Waals surface area contributed by atoms with Crippen LogP contribution in [0, 0.1) is 0 Å². The van der Waals surface area contributed by atoms with Gasteiger partial charge in [-0.1, -0.05) is 0 Å². The highest BCUT2D eigenvalue weighted by atomic mass is 32.2. The number of carbonyl (C=O) groups is 2. The largest absolute Gasteiger partial charge is 0.497 e. The highest BCUT2D eigenvalue weighted by Gasteiger charge is 2.28. The van der Waals surface area contributed by atoms with E-state index < -0.39 is 5.97 Å². The van der Waals surface area contributed by atoms with E-state index in [4.69, 9.17) is 14.2 Å². The summed E-state index contributed by atoms with van der Waals surface area (Å²) in [6, 6.07) is 4.97. The molecule has 0 aliphatic carbocycles. The molecule has 0 radical (unpaired) electrons. The molecule has 1 heterocycles. The molecule has 1 aromatic carbocycles. The fraction of sp³-hybridized carbons (Fsp3) is 0.375. The van der Waals surface area contributed by atoms with E-state index in [0.717, 1.165) is 0 Å². The number of methoxy groups -OCH3 is 2. The molecule has 1 aromatic rings. The summed E-state index contributed by atoms with van der Waals surface area (Å²) in [6.45, 7) is 2.04. The zero-order valence-corrected chi connectivity index (χ0v) is 13.6. The summed E-state index contributed by atoms with van der Waals surface area (Å²) in [5.74, 6) is 1.15. The number of thioether (sulfide) groups is 1. The Morgan fingerprint density at radius 2 is 1.77 bits per heavy atom. The van der Waals surface area contributed by atoms with Gasteiger partial charge in [0.2, 0.25) is 0 Å². The third kappa shape index (κ3) is 3.44. The molecule has 22 heavy (non-hydrogen) atoms. The van der Waals surface area contributed by atoms with Crippen molar-refractivity contribution in [2.24, 2.45) is 0 Å². The van der Waals surface area contributed by atoms with Gasteiger partial charge in [-0.15, -0.1) is 11.8 Å². The molecule has 0 amide bonds. The number of rotatable bonds is 6. The molecule has 0 saturated carbocycles. The Hall–Kier alpha value is -1.95. The van der Waals surface area contributed by atoms with Crippen LogP contribution < -0.4 is 9.47 Å². The molecule has 0 bridgehead atoms. The number of hydrogen-bond acceptors (Lipinski definition) is 6. The van der Waals surface area contributed by atoms with Gasteiger partial charge in [-0.25, -0.2) is 4.79 Å². The van der Waals surface area contributed by atoms with Gasteiger partial charge < -0.3 is 14.2 Å². The average molecular weight is 322 g/mol. The van der Waals surface area contributed by atoms with E-state index in [0.29, 0.717) is 46.3 Å². The van der Waals surface area contributed by atoms with Crippen molar-refractivity contribution < 1.29 is 23.8 Å². The topological polar surface area (TPSA) is 61.8 Å². The van der Waals surface area contributed by atoms with Crippen molar-refractivity contribution in [2.45, 2.75) is 13.3 Å². The third-order valence-corrected chi connectivity index (χ3v) is 4.34. The van der Waals surface area contributed by atoms with Crippen molar-refractivity contribution in [2.75, 3.05) is 26.6 Å². The van der Waals surface area contributed by atoms with Gasteiger partial charge in [0, 0.05) is 17.4 Å². The standard InChI is InChI=1S/C16H18O5S/c1-4-21-16(18)13-5-6-22-15(13)14(17)10-7-11(19-2)9-12(8-10)20-3/h7-9H,4-6H2,1-3H3. The smallest absolute Gasteiger partial charge is 0.335 e. The number of esters is 1. The number of Topliss-reactive ketones (excluding diaryl/α,β-unsaturated/α-hetero) is 1. The van der Waals surface area contributed by atoms with Gasteiger partial charge in [-0.3, -0.25) is 4.79 Å². The van der Waals surface area contributed by atoms with Crippen molar-refractivity contribution in [1.82, 2.24) is 0 Å². The lowest BCUT2D eigenvalue weighted by molar-refractivity contribution is -0.138. The second-order valence-electron chi connectivity index (χ2n) is 4.56. The van der Waals surface area contributed by atoms with Crippen LogP contribution >= 0.6 is 11.8 Å². The lowest BCUT2D eigenvalue weighted by Crippen LogP contribution is -2.11. The fourth-order valence-electron chi connectivity index (χ4n) is 2.14. The summed E-state index contributed by atoms with van der Waals surface area (Å²) in [5.41, 5.74) is 0.890. The number of benzene rings is 1. The van der Waals surface area contributed by atoms with E-state index in [-0.39, 0.29) is 5.78 Å². The predicted octanol–water partition coefficient (Wildman–Crippen LogP) is 2.84. The van der Waals surface area contributed by atoms with Crippen LogP contribution in [0.2, 0.25) is 0 Å². The summed E-state index contributed by atoms with van der Waals surface area (Å²) in [6.07, 6.45) is 0.547. The van der Waals surface area contributed by atoms with E-state index in [2.05, 4.69) is 0 Å². The molecule has 1 aliphatic heterocycles. The minimum atomic E-state index is -0.411. The summed E-state index contributed by atoms with van der Waals surface area (Å²) in [4.78, 5) is 25.1. The number of hydrogen-bond donors (Lipinski definition) is 0. The second-order valence-corrected chi connectivity index (χ2v) is 5.66. The minimum absolute atomic E-state index is 0.206. The van der Waals surface area contributed by atoms with E-state index in [1.54, 1.807) is 25.1 Å². The first-order valence-electron chi connectivity index (χ1n) is 6.91. The number of ether oxygens (including phenoxy) is 3. The SMILES string of the molecule is CCOC(=O)C1=C(C(=O)c2cc(OC)cc(OC)c2)SCC1. The molecule has 0 spiro atoms. The Morgan fingerprint density at radius 3 is 2.32 bits per heavy atom. The zero-order chi connectivity index (χ0) is 16.1. The molecule has 0 atom stereocenters. The lowest BCUT2D eigenvalue weighted by atomic mass is 10.1. The molecule has 1 aliphatic rings. The molecule has 0 aromatic heterocycles. The fourth-order valence-corrected chi connectivity index (χ4v) is 3.26. The summed E-state index contributed by atoms with van der Waals surface area (Å²) in [5, 5.41) is 0. The van der Waals surface area contributed by atoms with E-state index >= 15 is 0 Å². The maximum absolute atomic E-state index is 12.7. The number of ketones is 1. The summed E-state index contributed by atoms with van der Waals surface area (Å²) >= 11 is 1.38. The highest BCUT2D eigenvalue weighted by molar-refractivity contribution is 8.04. The van der Waals surface area contributed by atoms with Crippen LogP contribution in [0.4, 0.5) is 0 Å². The molecule has 0 fully saturated rings. The maximum atomic E-state index is 12.7. The Balaban J connectivity index is 2.38. The lowest BCUT2D eigenvalue weighted by Gasteiger charge is -2.09. The second kappa shape index (κ2) is 7.35. The van der Waals surface area contributed by atoms with Crippen LogP contribution in [0.5, 0.6) is 11.5 Å². The molecule has 6 heteroatoms. The van der Waals surface area contributed by atoms with Crippen LogP contribution in [0.25, 0.3) is 0 Å². The van der Waals surface area contributed by atoms with Gasteiger partial charge in [0.25, 0.3) is 0 Å². The van der Waals surface area contributed by atoms with Crippen molar-refractivity contribution in [3.63, 3.8) is 0 Å². The molecule has 5 nitrogen and oxygen atoms in total. The van der Waals surface area contributed by atoms with E-state index in [1.165, 1.54) is 26.0 Å². The van der Waals surface area contributed by atoms with Crippen molar-refractivity contribution in [3.05, 3.63) is 34.2 Å². The first-order chi connectivity index (χ1) is 10.6. The van der Waals surface area contributed by atoms with Gasteiger partial charge >= 0.3 is 5.97 Å². The molecule has 0 N–H and O–H groups in total. The maximum Gasteiger partial charge on any atom is 0.335 e. The van der Waals surface area contributed by atoms with Crippen molar-refractivity contribution in [1.29, 1.82) is 0 Å². The van der Waals surface area contributed by atoms with Crippen molar-refractivity contribution in [3.8, 4) is 11.5 Å². The van der Waals surface area contributed by atoms with Crippen LogP contribution in [0.3, 0.4) is 0 Å². The first kappa shape index (κ1) is 16.4. The molecule has 0 unspecified atom stereocenters. The molecule has 2 rings (SSSR count). The molecule has 0 saturated heterocycles. The van der Waals surface area contributed by atoms with Gasteiger partial charge in [0.05, 0.1) is 31.3 Å². The Kier molecular flexibility index (Phi) is 5.49. The predicted molar refractivity (Wildman–Crippen MR) is 84.6 cm³/mol. The zero-order valence-electron chi connectivity index (χ0n) is 12.8. The van der Waals surface area contributed by atoms with Crippen LogP contribution in [0.1, 0.15) is 23.7 Å². The monoisotopic (exact) mass is 322 g/mol. The number of allylic oxidation sites excluding steroid dienone is 1. The first-order valence-corrected chi connectivity index (χ1v) is 7.90. The minimum Gasteiger partial charge on any atom is -0.497 e. The van der Waals surface area contributed by atoms with Gasteiger partial charge in [0.15, 0.2) is 5.78 Å². The number of carbonyl (C=O) groups excluding carboxylic acids is 2. The Morgan fingerprint density at radius 1 is 1.14 bits per heavy atom. The van der Waals surface area contributed by atoms with Gasteiger partial charge in [-0.2, -0.15) is 0 Å². The Labute approximate surface area is 133 Å². The highest BCUT2D eigenvalue weighted by Crippen LogP contribution is 2.36. The quantitative estimate of drug-likeness (QED) is 0.593. The van der Waals surface area contributed by atoms with Crippen LogP contribution in [-0.4, -0.2) is 38.3 Å². The van der Waals surface area contributed by atoms with Crippen molar-refractivity contribution >= 4 is 23.5 Å². The van der Waals surface area contributed by atoms with Gasteiger partial charge in [-0.05, 0) is 25.5 Å². The average Bonchev–Trinajstić information content (AvgIpc) is 3.03. The van der Waals surface area contributed by atoms with Gasteiger partial charge in [0.1, 0.15) is 11.5 Å². The summed E-state index contributed by atoms with van der Waals surface area (Å²) < 4.78 is 15.4. The van der Waals surface area contributed by atoms with E-state index in [1.807, 2.05) is 0 Å². The Bertz CT molecular complexity index is 599. The normalized spacial score (nSPS) is 14.0. The third-order valence-electron chi connectivity index (χ3n) is 3.21. The molecular weight excluding hydrogens is 304 g/mol. The summed E-state index contributed by atoms with van der Waals surface area (Å²) in [7, 11) is 3.05. The van der Waals surface area contributed by atoms with E-state index in [9.17, 15) is 9.59 Å². The van der Waals surface area contributed by atoms with Crippen LogP contribution in [0.15, 0.2) is 28.7 Å². The van der Waals surface area contributed by atoms with Crippen LogP contribution in [-0.2, 0) is 9.53 Å².